The third kappa shape index (κ3) is 2.90. The quantitative estimate of drug-likeness (QED) is 0.888. The SMILES string of the molecule is CC(C)OC1CC(NC(=O)c2cc3c([nH]2)CCCC3)C1. The second-order valence-corrected chi connectivity index (χ2v) is 6.34. The Morgan fingerprint density at radius 2 is 2.10 bits per heavy atom. The van der Waals surface area contributed by atoms with Crippen molar-refractivity contribution < 1.29 is 9.53 Å². The van der Waals surface area contributed by atoms with Gasteiger partial charge in [-0.05, 0) is 64.0 Å². The third-order valence-electron chi connectivity index (χ3n) is 4.25. The zero-order valence-electron chi connectivity index (χ0n) is 12.4. The van der Waals surface area contributed by atoms with Crippen molar-refractivity contribution in [3.05, 3.63) is 23.0 Å². The van der Waals surface area contributed by atoms with Crippen LogP contribution in [-0.4, -0.2) is 29.1 Å². The van der Waals surface area contributed by atoms with Gasteiger partial charge in [0.1, 0.15) is 5.69 Å². The van der Waals surface area contributed by atoms with Gasteiger partial charge in [-0.1, -0.05) is 0 Å². The van der Waals surface area contributed by atoms with Gasteiger partial charge in [-0.3, -0.25) is 4.79 Å². The average molecular weight is 276 g/mol. The van der Waals surface area contributed by atoms with Crippen LogP contribution in [-0.2, 0) is 17.6 Å². The van der Waals surface area contributed by atoms with Crippen LogP contribution in [0.5, 0.6) is 0 Å². The first-order valence-electron chi connectivity index (χ1n) is 7.79. The maximum atomic E-state index is 12.2. The minimum Gasteiger partial charge on any atom is -0.375 e. The molecule has 0 bridgehead atoms. The van der Waals surface area contributed by atoms with E-state index in [1.54, 1.807) is 0 Å². The van der Waals surface area contributed by atoms with E-state index in [-0.39, 0.29) is 18.1 Å². The highest BCUT2D eigenvalue weighted by Gasteiger charge is 2.32. The number of amides is 1. The lowest BCUT2D eigenvalue weighted by Crippen LogP contribution is -2.48. The van der Waals surface area contributed by atoms with Gasteiger partial charge in [0, 0.05) is 11.7 Å². The fourth-order valence-electron chi connectivity index (χ4n) is 3.17. The number of ether oxygens (including phenoxy) is 1. The number of rotatable bonds is 4. The molecule has 0 unspecified atom stereocenters. The molecule has 110 valence electrons. The van der Waals surface area contributed by atoms with Crippen LogP contribution in [0.3, 0.4) is 0 Å². The minimum absolute atomic E-state index is 0.0346. The number of nitrogens with one attached hydrogen (secondary N) is 2. The van der Waals surface area contributed by atoms with Gasteiger partial charge < -0.3 is 15.0 Å². The van der Waals surface area contributed by atoms with Gasteiger partial charge in [-0.15, -0.1) is 0 Å². The van der Waals surface area contributed by atoms with Crippen molar-refractivity contribution in [2.24, 2.45) is 0 Å². The molecule has 1 aromatic rings. The van der Waals surface area contributed by atoms with Crippen molar-refractivity contribution in [1.82, 2.24) is 10.3 Å². The Kier molecular flexibility index (Phi) is 3.83. The summed E-state index contributed by atoms with van der Waals surface area (Å²) in [6.07, 6.45) is 7.11. The number of aryl methyl sites for hydroxylation is 2. The first-order chi connectivity index (χ1) is 9.61. The molecular formula is C16H24N2O2. The van der Waals surface area contributed by atoms with Crippen molar-refractivity contribution in [3.8, 4) is 0 Å². The van der Waals surface area contributed by atoms with Gasteiger partial charge >= 0.3 is 0 Å². The zero-order chi connectivity index (χ0) is 14.1. The van der Waals surface area contributed by atoms with Crippen molar-refractivity contribution in [1.29, 1.82) is 0 Å². The summed E-state index contributed by atoms with van der Waals surface area (Å²) in [5.41, 5.74) is 3.32. The van der Waals surface area contributed by atoms with Gasteiger partial charge in [0.15, 0.2) is 0 Å². The fraction of sp³-hybridized carbons (Fsp3) is 0.688. The Labute approximate surface area is 120 Å². The van der Waals surface area contributed by atoms with E-state index in [9.17, 15) is 4.79 Å². The lowest BCUT2D eigenvalue weighted by Gasteiger charge is -2.36. The predicted molar refractivity (Wildman–Crippen MR) is 77.9 cm³/mol. The Hall–Kier alpha value is -1.29. The van der Waals surface area contributed by atoms with Crippen LogP contribution < -0.4 is 5.32 Å². The van der Waals surface area contributed by atoms with Crippen LogP contribution in [0.15, 0.2) is 6.07 Å². The molecule has 4 nitrogen and oxygen atoms in total. The van der Waals surface area contributed by atoms with Crippen molar-refractivity contribution >= 4 is 5.91 Å². The first-order valence-corrected chi connectivity index (χ1v) is 7.79. The molecule has 1 saturated carbocycles. The number of aromatic nitrogens is 1. The van der Waals surface area contributed by atoms with E-state index in [1.807, 2.05) is 6.07 Å². The molecule has 0 aliphatic heterocycles. The molecule has 1 aromatic heterocycles. The van der Waals surface area contributed by atoms with Crippen LogP contribution in [0.4, 0.5) is 0 Å². The molecule has 1 amide bonds. The summed E-state index contributed by atoms with van der Waals surface area (Å²) in [5.74, 6) is 0.0346. The number of H-pyrrole nitrogens is 1. The lowest BCUT2D eigenvalue weighted by molar-refractivity contribution is -0.0482. The van der Waals surface area contributed by atoms with E-state index in [0.29, 0.717) is 6.10 Å². The summed E-state index contributed by atoms with van der Waals surface area (Å²) in [6, 6.07) is 2.30. The number of carbonyl (C=O) groups excluding carboxylic acids is 1. The molecule has 2 N–H and O–H groups in total. The first kappa shape index (κ1) is 13.7. The summed E-state index contributed by atoms with van der Waals surface area (Å²) in [4.78, 5) is 15.5. The van der Waals surface area contributed by atoms with Gasteiger partial charge in [0.05, 0.1) is 12.2 Å². The standard InChI is InChI=1S/C16H24N2O2/c1-10(2)20-13-8-12(9-13)17-16(19)15-7-11-5-3-4-6-14(11)18-15/h7,10,12-13,18H,3-6,8-9H2,1-2H3,(H,17,19). The predicted octanol–water partition coefficient (Wildman–Crippen LogP) is 2.58. The van der Waals surface area contributed by atoms with Crippen LogP contribution in [0, 0.1) is 0 Å². The molecule has 3 rings (SSSR count). The van der Waals surface area contributed by atoms with Gasteiger partial charge in [0.25, 0.3) is 5.91 Å². The second kappa shape index (κ2) is 5.60. The van der Waals surface area contributed by atoms with Crippen molar-refractivity contribution in [2.45, 2.75) is 70.6 Å². The number of hydrogen-bond acceptors (Lipinski definition) is 2. The van der Waals surface area contributed by atoms with Gasteiger partial charge in [-0.25, -0.2) is 0 Å². The Bertz CT molecular complexity index is 463. The van der Waals surface area contributed by atoms with E-state index >= 15 is 0 Å². The third-order valence-corrected chi connectivity index (χ3v) is 4.25. The van der Waals surface area contributed by atoms with Crippen LogP contribution in [0.1, 0.15) is 61.3 Å². The summed E-state index contributed by atoms with van der Waals surface area (Å²) in [6.45, 7) is 4.10. The van der Waals surface area contributed by atoms with Gasteiger partial charge in [-0.2, -0.15) is 0 Å². The summed E-state index contributed by atoms with van der Waals surface area (Å²) < 4.78 is 5.71. The number of aromatic amines is 1. The Morgan fingerprint density at radius 3 is 2.80 bits per heavy atom. The highest BCUT2D eigenvalue weighted by molar-refractivity contribution is 5.93. The summed E-state index contributed by atoms with van der Waals surface area (Å²) in [7, 11) is 0. The molecule has 0 spiro atoms. The van der Waals surface area contributed by atoms with E-state index in [4.69, 9.17) is 4.74 Å². The van der Waals surface area contributed by atoms with E-state index in [0.717, 1.165) is 31.4 Å². The molecule has 20 heavy (non-hydrogen) atoms. The smallest absolute Gasteiger partial charge is 0.267 e. The molecule has 2 aliphatic rings. The zero-order valence-corrected chi connectivity index (χ0v) is 12.4. The molecular weight excluding hydrogens is 252 g/mol. The molecule has 1 fully saturated rings. The van der Waals surface area contributed by atoms with Gasteiger partial charge in [0.2, 0.25) is 0 Å². The molecule has 1 heterocycles. The molecule has 0 radical (unpaired) electrons. The topological polar surface area (TPSA) is 54.1 Å². The molecule has 0 aromatic carbocycles. The number of hydrogen-bond donors (Lipinski definition) is 2. The van der Waals surface area contributed by atoms with Crippen LogP contribution >= 0.6 is 0 Å². The Balaban J connectivity index is 1.52. The second-order valence-electron chi connectivity index (χ2n) is 6.34. The largest absolute Gasteiger partial charge is 0.375 e. The summed E-state index contributed by atoms with van der Waals surface area (Å²) >= 11 is 0. The minimum atomic E-state index is 0.0346. The normalized spacial score (nSPS) is 25.1. The average Bonchev–Trinajstić information content (AvgIpc) is 2.79. The molecule has 2 aliphatic carbocycles. The van der Waals surface area contributed by atoms with Crippen molar-refractivity contribution in [3.63, 3.8) is 0 Å². The maximum Gasteiger partial charge on any atom is 0.267 e. The lowest BCUT2D eigenvalue weighted by atomic mass is 9.89. The monoisotopic (exact) mass is 276 g/mol. The fourth-order valence-corrected chi connectivity index (χ4v) is 3.17. The molecule has 4 heteroatoms. The molecule has 0 atom stereocenters. The van der Waals surface area contributed by atoms with E-state index in [1.165, 1.54) is 24.1 Å². The maximum absolute atomic E-state index is 12.2. The van der Waals surface area contributed by atoms with Crippen LogP contribution in [0.2, 0.25) is 0 Å². The van der Waals surface area contributed by atoms with Crippen LogP contribution in [0.25, 0.3) is 0 Å². The van der Waals surface area contributed by atoms with E-state index in [2.05, 4.69) is 24.1 Å². The number of carbonyl (C=O) groups is 1. The highest BCUT2D eigenvalue weighted by Crippen LogP contribution is 2.26. The Morgan fingerprint density at radius 1 is 1.35 bits per heavy atom. The molecule has 0 saturated heterocycles. The number of fused-ring (bicyclic) bond motifs is 1. The van der Waals surface area contributed by atoms with E-state index < -0.39 is 0 Å². The van der Waals surface area contributed by atoms with Crippen molar-refractivity contribution in [2.75, 3.05) is 0 Å². The highest BCUT2D eigenvalue weighted by atomic mass is 16.5. The summed E-state index contributed by atoms with van der Waals surface area (Å²) in [5, 5.41) is 3.09.